The fourth-order valence-electron chi connectivity index (χ4n) is 2.35. The zero-order chi connectivity index (χ0) is 16.2. The fourth-order valence-corrected chi connectivity index (χ4v) is 2.35. The summed E-state index contributed by atoms with van der Waals surface area (Å²) in [5.41, 5.74) is 2.50. The van der Waals surface area contributed by atoms with Gasteiger partial charge in [0.2, 0.25) is 0 Å². The second-order valence-electron chi connectivity index (χ2n) is 5.65. The maximum atomic E-state index is 9.88. The summed E-state index contributed by atoms with van der Waals surface area (Å²) in [6, 6.07) is 17.2. The second-order valence-corrected chi connectivity index (χ2v) is 5.65. The van der Waals surface area contributed by atoms with Crippen LogP contribution >= 0.6 is 0 Å². The topological polar surface area (TPSA) is 42.4 Å². The number of hydrogen-bond acceptors (Lipinski definition) is 3. The van der Waals surface area contributed by atoms with Crippen LogP contribution in [0.2, 0.25) is 0 Å². The minimum absolute atomic E-state index is 0.172. The zero-order valence-electron chi connectivity index (χ0n) is 13.2. The molecule has 3 heteroatoms. The molecule has 0 saturated carbocycles. The van der Waals surface area contributed by atoms with Crippen LogP contribution in [0, 0.1) is 0 Å². The molecule has 0 aliphatic heterocycles. The number of ether oxygens (including phenoxy) is 1. The third-order valence-corrected chi connectivity index (χ3v) is 3.42. The number of benzene rings is 2. The molecule has 1 aromatic heterocycles. The smallest absolute Gasteiger partial charge is 0.141 e. The molecule has 0 radical (unpaired) electrons. The Bertz CT molecular complexity index is 836. The molecule has 0 fully saturated rings. The molecule has 0 spiro atoms. The van der Waals surface area contributed by atoms with Crippen molar-refractivity contribution in [2.75, 3.05) is 0 Å². The minimum Gasteiger partial charge on any atom is -0.506 e. The van der Waals surface area contributed by atoms with Crippen LogP contribution in [0.5, 0.6) is 11.5 Å². The molecule has 0 bridgehead atoms. The van der Waals surface area contributed by atoms with E-state index in [2.05, 4.69) is 4.98 Å². The number of para-hydroxylation sites is 1. The summed E-state index contributed by atoms with van der Waals surface area (Å²) in [5, 5.41) is 10.8. The Morgan fingerprint density at radius 3 is 2.48 bits per heavy atom. The number of rotatable bonds is 4. The normalized spacial score (nSPS) is 11.4. The summed E-state index contributed by atoms with van der Waals surface area (Å²) in [7, 11) is 0. The van der Waals surface area contributed by atoms with Gasteiger partial charge in [0.1, 0.15) is 17.0 Å². The average Bonchev–Trinajstić information content (AvgIpc) is 2.54. The molecule has 0 amide bonds. The van der Waals surface area contributed by atoms with Gasteiger partial charge in [0.15, 0.2) is 0 Å². The molecule has 0 saturated heterocycles. The summed E-state index contributed by atoms with van der Waals surface area (Å²) < 4.78 is 5.63. The van der Waals surface area contributed by atoms with Crippen molar-refractivity contribution in [3.63, 3.8) is 0 Å². The quantitative estimate of drug-likeness (QED) is 0.745. The summed E-state index contributed by atoms with van der Waals surface area (Å²) in [4.78, 5) is 4.49. The van der Waals surface area contributed by atoms with Gasteiger partial charge < -0.3 is 9.84 Å². The Morgan fingerprint density at radius 2 is 1.74 bits per heavy atom. The first-order chi connectivity index (χ1) is 11.1. The van der Waals surface area contributed by atoms with Crippen molar-refractivity contribution in [3.05, 3.63) is 65.9 Å². The largest absolute Gasteiger partial charge is 0.506 e. The summed E-state index contributed by atoms with van der Waals surface area (Å²) >= 11 is 0. The molecule has 0 aliphatic carbocycles. The van der Waals surface area contributed by atoms with Crippen molar-refractivity contribution in [1.29, 1.82) is 0 Å². The van der Waals surface area contributed by atoms with Crippen molar-refractivity contribution in [2.45, 2.75) is 20.0 Å². The molecule has 3 nitrogen and oxygen atoms in total. The van der Waals surface area contributed by atoms with Crippen LogP contribution in [0.3, 0.4) is 0 Å². The van der Waals surface area contributed by atoms with E-state index in [9.17, 15) is 5.11 Å². The lowest BCUT2D eigenvalue weighted by Crippen LogP contribution is -2.05. The van der Waals surface area contributed by atoms with Gasteiger partial charge in [0, 0.05) is 5.39 Å². The van der Waals surface area contributed by atoms with E-state index >= 15 is 0 Å². The van der Waals surface area contributed by atoms with Gasteiger partial charge in [-0.2, -0.15) is 0 Å². The molecule has 2 aromatic carbocycles. The van der Waals surface area contributed by atoms with Crippen molar-refractivity contribution in [3.8, 4) is 11.5 Å². The molecule has 0 unspecified atom stereocenters. The van der Waals surface area contributed by atoms with E-state index in [0.717, 1.165) is 22.4 Å². The van der Waals surface area contributed by atoms with Gasteiger partial charge >= 0.3 is 0 Å². The number of nitrogens with zero attached hydrogens (tertiary/aromatic N) is 1. The van der Waals surface area contributed by atoms with Crippen molar-refractivity contribution in [2.24, 2.45) is 0 Å². The summed E-state index contributed by atoms with van der Waals surface area (Å²) in [5.74, 6) is 1.07. The first kappa shape index (κ1) is 15.1. The maximum absolute atomic E-state index is 9.88. The molecular formula is C20H19NO2. The van der Waals surface area contributed by atoms with Gasteiger partial charge in [-0.05, 0) is 49.8 Å². The lowest BCUT2D eigenvalue weighted by Gasteiger charge is -2.09. The van der Waals surface area contributed by atoms with E-state index in [1.807, 2.05) is 74.5 Å². The number of aromatic hydroxyl groups is 1. The first-order valence-electron chi connectivity index (χ1n) is 7.65. The molecule has 23 heavy (non-hydrogen) atoms. The number of fused-ring (bicyclic) bond motifs is 1. The van der Waals surface area contributed by atoms with Gasteiger partial charge in [-0.3, -0.25) is 0 Å². The Kier molecular flexibility index (Phi) is 4.29. The highest BCUT2D eigenvalue weighted by molar-refractivity contribution is 5.85. The minimum atomic E-state index is 0.172. The number of pyridine rings is 1. The van der Waals surface area contributed by atoms with Crippen LogP contribution in [0.4, 0.5) is 0 Å². The van der Waals surface area contributed by atoms with Crippen LogP contribution < -0.4 is 4.74 Å². The molecule has 3 rings (SSSR count). The molecule has 1 N–H and O–H groups in total. The summed E-state index contributed by atoms with van der Waals surface area (Å²) in [6.07, 6.45) is 4.10. The highest BCUT2D eigenvalue weighted by atomic mass is 16.5. The standard InChI is InChI=1S/C20H19NO2/c1-14(2)23-18-12-7-15(8-13-18)6-10-17-11-9-16-4-3-5-19(22)20(16)21-17/h3-14,22H,1-2H3. The lowest BCUT2D eigenvalue weighted by molar-refractivity contribution is 0.242. The highest BCUT2D eigenvalue weighted by Gasteiger charge is 2.01. The number of phenolic OH excluding ortho intramolecular Hbond substituents is 1. The van der Waals surface area contributed by atoms with Crippen LogP contribution in [0.1, 0.15) is 25.1 Å². The number of hydrogen-bond donors (Lipinski definition) is 1. The molecule has 0 atom stereocenters. The molecule has 1 heterocycles. The second kappa shape index (κ2) is 6.53. The van der Waals surface area contributed by atoms with Crippen molar-refractivity contribution in [1.82, 2.24) is 4.98 Å². The van der Waals surface area contributed by atoms with Crippen LogP contribution in [-0.4, -0.2) is 16.2 Å². The third-order valence-electron chi connectivity index (χ3n) is 3.42. The van der Waals surface area contributed by atoms with Crippen LogP contribution in [-0.2, 0) is 0 Å². The Balaban J connectivity index is 1.81. The summed E-state index contributed by atoms with van der Waals surface area (Å²) in [6.45, 7) is 4.02. The van der Waals surface area contributed by atoms with E-state index in [1.54, 1.807) is 6.07 Å². The van der Waals surface area contributed by atoms with E-state index in [0.29, 0.717) is 5.52 Å². The predicted octanol–water partition coefficient (Wildman–Crippen LogP) is 4.90. The van der Waals surface area contributed by atoms with E-state index in [4.69, 9.17) is 4.74 Å². The van der Waals surface area contributed by atoms with E-state index < -0.39 is 0 Å². The zero-order valence-corrected chi connectivity index (χ0v) is 13.2. The van der Waals surface area contributed by atoms with E-state index in [-0.39, 0.29) is 11.9 Å². The first-order valence-corrected chi connectivity index (χ1v) is 7.65. The lowest BCUT2D eigenvalue weighted by atomic mass is 10.1. The van der Waals surface area contributed by atoms with Crippen LogP contribution in [0.25, 0.3) is 23.1 Å². The average molecular weight is 305 g/mol. The van der Waals surface area contributed by atoms with Gasteiger partial charge in [-0.25, -0.2) is 4.98 Å². The Labute approximate surface area is 135 Å². The monoisotopic (exact) mass is 305 g/mol. The van der Waals surface area contributed by atoms with Gasteiger partial charge in [-0.15, -0.1) is 0 Å². The SMILES string of the molecule is CC(C)Oc1ccc(C=Cc2ccc3cccc(O)c3n2)cc1. The molecule has 116 valence electrons. The number of phenols is 1. The Morgan fingerprint density at radius 1 is 0.957 bits per heavy atom. The van der Waals surface area contributed by atoms with Gasteiger partial charge in [0.25, 0.3) is 0 Å². The van der Waals surface area contributed by atoms with Crippen LogP contribution in [0.15, 0.2) is 54.6 Å². The van der Waals surface area contributed by atoms with Crippen molar-refractivity contribution >= 4 is 23.1 Å². The fraction of sp³-hybridized carbons (Fsp3) is 0.150. The van der Waals surface area contributed by atoms with Gasteiger partial charge in [-0.1, -0.05) is 36.4 Å². The molecule has 3 aromatic rings. The molecule has 0 aliphatic rings. The van der Waals surface area contributed by atoms with E-state index in [1.165, 1.54) is 0 Å². The third kappa shape index (κ3) is 3.69. The maximum Gasteiger partial charge on any atom is 0.141 e. The van der Waals surface area contributed by atoms with Crippen molar-refractivity contribution < 1.29 is 9.84 Å². The van der Waals surface area contributed by atoms with Gasteiger partial charge in [0.05, 0.1) is 11.8 Å². The Hall–Kier alpha value is -2.81. The number of aromatic nitrogens is 1. The highest BCUT2D eigenvalue weighted by Crippen LogP contribution is 2.23. The predicted molar refractivity (Wildman–Crippen MR) is 94.5 cm³/mol. The molecular weight excluding hydrogens is 286 g/mol.